The van der Waals surface area contributed by atoms with Gasteiger partial charge in [0, 0.05) is 32.7 Å². The molecule has 0 aromatic rings. The minimum atomic E-state index is 0.516. The minimum absolute atomic E-state index is 0.516. The van der Waals surface area contributed by atoms with Crippen molar-refractivity contribution in [3.05, 3.63) is 12.2 Å². The third kappa shape index (κ3) is 4.46. The van der Waals surface area contributed by atoms with E-state index in [0.29, 0.717) is 12.5 Å². The molecule has 0 unspecified atom stereocenters. The molecule has 1 atom stereocenters. The second-order valence-electron chi connectivity index (χ2n) is 3.86. The van der Waals surface area contributed by atoms with Crippen LogP contribution in [-0.4, -0.2) is 37.7 Å². The van der Waals surface area contributed by atoms with Gasteiger partial charge in [0.2, 0.25) is 0 Å². The summed E-state index contributed by atoms with van der Waals surface area (Å²) in [4.78, 5) is 2.35. The van der Waals surface area contributed by atoms with Crippen molar-refractivity contribution in [3.63, 3.8) is 0 Å². The fraction of sp³-hybridized carbons (Fsp3) is 0.750. The predicted octanol–water partition coefficient (Wildman–Crippen LogP) is 1.96. The average molecular weight is 208 g/mol. The van der Waals surface area contributed by atoms with Crippen LogP contribution in [0.15, 0.2) is 12.2 Å². The van der Waals surface area contributed by atoms with Crippen molar-refractivity contribution in [2.24, 2.45) is 0 Å². The first-order valence-corrected chi connectivity index (χ1v) is 5.65. The smallest absolute Gasteiger partial charge is 0.0635 e. The van der Waals surface area contributed by atoms with Crippen LogP contribution in [0.3, 0.4) is 0 Å². The van der Waals surface area contributed by atoms with Gasteiger partial charge in [-0.25, -0.2) is 0 Å². The molecular formula is C12H20N2O. The van der Waals surface area contributed by atoms with Gasteiger partial charge in [0.05, 0.1) is 12.7 Å². The van der Waals surface area contributed by atoms with E-state index in [1.165, 1.54) is 19.3 Å². The number of nitriles is 1. The first-order chi connectivity index (χ1) is 7.38. The van der Waals surface area contributed by atoms with Gasteiger partial charge >= 0.3 is 0 Å². The molecule has 84 valence electrons. The summed E-state index contributed by atoms with van der Waals surface area (Å²) >= 11 is 0. The Labute approximate surface area is 92.3 Å². The van der Waals surface area contributed by atoms with Crippen LogP contribution >= 0.6 is 0 Å². The Morgan fingerprint density at radius 3 is 3.00 bits per heavy atom. The summed E-state index contributed by atoms with van der Waals surface area (Å²) in [6, 6.07) is 2.72. The summed E-state index contributed by atoms with van der Waals surface area (Å²) in [5.41, 5.74) is 0. The van der Waals surface area contributed by atoms with Crippen molar-refractivity contribution in [2.45, 2.75) is 31.7 Å². The first kappa shape index (κ1) is 12.2. The van der Waals surface area contributed by atoms with E-state index in [-0.39, 0.29) is 0 Å². The summed E-state index contributed by atoms with van der Waals surface area (Å²) in [6.45, 7) is 2.53. The van der Waals surface area contributed by atoms with Crippen LogP contribution in [0.1, 0.15) is 25.7 Å². The Morgan fingerprint density at radius 2 is 2.40 bits per heavy atom. The zero-order valence-electron chi connectivity index (χ0n) is 9.48. The van der Waals surface area contributed by atoms with Gasteiger partial charge < -0.3 is 4.74 Å². The van der Waals surface area contributed by atoms with Gasteiger partial charge in [0.25, 0.3) is 0 Å². The van der Waals surface area contributed by atoms with Gasteiger partial charge in [-0.15, -0.1) is 0 Å². The topological polar surface area (TPSA) is 36.3 Å². The number of allylic oxidation sites excluding steroid dienone is 1. The molecule has 0 aliphatic heterocycles. The van der Waals surface area contributed by atoms with Crippen LogP contribution < -0.4 is 0 Å². The molecule has 15 heavy (non-hydrogen) atoms. The van der Waals surface area contributed by atoms with Crippen LogP contribution in [0.25, 0.3) is 0 Å². The summed E-state index contributed by atoms with van der Waals surface area (Å²) in [6.07, 6.45) is 8.81. The van der Waals surface area contributed by atoms with Crippen LogP contribution in [0.4, 0.5) is 0 Å². The van der Waals surface area contributed by atoms with E-state index in [1.54, 1.807) is 7.11 Å². The maximum Gasteiger partial charge on any atom is 0.0635 e. The molecule has 0 N–H and O–H groups in total. The van der Waals surface area contributed by atoms with E-state index in [4.69, 9.17) is 10.00 Å². The van der Waals surface area contributed by atoms with Crippen LogP contribution in [-0.2, 0) is 4.74 Å². The lowest BCUT2D eigenvalue weighted by Gasteiger charge is -2.30. The molecule has 0 heterocycles. The van der Waals surface area contributed by atoms with Crippen LogP contribution in [0.2, 0.25) is 0 Å². The van der Waals surface area contributed by atoms with Gasteiger partial charge in [0.1, 0.15) is 0 Å². The highest BCUT2D eigenvalue weighted by Gasteiger charge is 2.16. The third-order valence-electron chi connectivity index (χ3n) is 2.79. The summed E-state index contributed by atoms with van der Waals surface area (Å²) in [7, 11) is 1.72. The largest absolute Gasteiger partial charge is 0.383 e. The van der Waals surface area contributed by atoms with Crippen molar-refractivity contribution < 1.29 is 4.74 Å². The lowest BCUT2D eigenvalue weighted by Crippen LogP contribution is -2.37. The van der Waals surface area contributed by atoms with Crippen molar-refractivity contribution >= 4 is 0 Å². The lowest BCUT2D eigenvalue weighted by molar-refractivity contribution is 0.129. The van der Waals surface area contributed by atoms with E-state index < -0.39 is 0 Å². The van der Waals surface area contributed by atoms with E-state index >= 15 is 0 Å². The number of nitrogens with zero attached hydrogens (tertiary/aromatic N) is 2. The fourth-order valence-corrected chi connectivity index (χ4v) is 1.94. The summed E-state index contributed by atoms with van der Waals surface area (Å²) < 4.78 is 5.09. The highest BCUT2D eigenvalue weighted by atomic mass is 16.5. The second kappa shape index (κ2) is 7.44. The maximum absolute atomic E-state index is 8.61. The zero-order valence-corrected chi connectivity index (χ0v) is 9.48. The monoisotopic (exact) mass is 208 g/mol. The number of rotatable bonds is 6. The Balaban J connectivity index is 2.42. The number of hydrogen-bond donors (Lipinski definition) is 0. The average Bonchev–Trinajstić information content (AvgIpc) is 2.30. The molecule has 0 aromatic carbocycles. The van der Waals surface area contributed by atoms with Crippen LogP contribution in [0.5, 0.6) is 0 Å². The normalized spacial score (nSPS) is 20.5. The second-order valence-corrected chi connectivity index (χ2v) is 3.86. The van der Waals surface area contributed by atoms with Gasteiger partial charge in [-0.3, -0.25) is 4.90 Å². The molecule has 0 bridgehead atoms. The zero-order chi connectivity index (χ0) is 10.9. The summed E-state index contributed by atoms with van der Waals surface area (Å²) in [5.74, 6) is 0. The Morgan fingerprint density at radius 1 is 1.53 bits per heavy atom. The third-order valence-corrected chi connectivity index (χ3v) is 2.79. The number of hydrogen-bond acceptors (Lipinski definition) is 3. The molecule has 0 saturated carbocycles. The molecule has 0 radical (unpaired) electrons. The fourth-order valence-electron chi connectivity index (χ4n) is 1.94. The molecule has 1 aliphatic carbocycles. The molecular weight excluding hydrogens is 188 g/mol. The van der Waals surface area contributed by atoms with Gasteiger partial charge in [-0.2, -0.15) is 5.26 Å². The molecule has 0 fully saturated rings. The molecule has 3 nitrogen and oxygen atoms in total. The van der Waals surface area contributed by atoms with Crippen LogP contribution in [0, 0.1) is 11.3 Å². The van der Waals surface area contributed by atoms with E-state index in [2.05, 4.69) is 23.1 Å². The van der Waals surface area contributed by atoms with Crippen molar-refractivity contribution in [2.75, 3.05) is 26.8 Å². The van der Waals surface area contributed by atoms with Gasteiger partial charge in [0.15, 0.2) is 0 Å². The molecule has 3 heteroatoms. The predicted molar refractivity (Wildman–Crippen MR) is 60.5 cm³/mol. The van der Waals surface area contributed by atoms with Crippen molar-refractivity contribution in [3.8, 4) is 6.07 Å². The van der Waals surface area contributed by atoms with E-state index in [9.17, 15) is 0 Å². The molecule has 1 aliphatic rings. The SMILES string of the molecule is COCCN(CCC#N)[C@H]1C=CCCC1. The van der Waals surface area contributed by atoms with Gasteiger partial charge in [-0.05, 0) is 19.3 Å². The molecule has 1 rings (SSSR count). The number of methoxy groups -OCH3 is 1. The van der Waals surface area contributed by atoms with Crippen molar-refractivity contribution in [1.82, 2.24) is 4.90 Å². The maximum atomic E-state index is 8.61. The Hall–Kier alpha value is -0.850. The first-order valence-electron chi connectivity index (χ1n) is 5.65. The van der Waals surface area contributed by atoms with E-state index in [0.717, 1.165) is 19.7 Å². The lowest BCUT2D eigenvalue weighted by atomic mass is 10.0. The highest BCUT2D eigenvalue weighted by Crippen LogP contribution is 2.16. The Kier molecular flexibility index (Phi) is 6.06. The highest BCUT2D eigenvalue weighted by molar-refractivity contribution is 4.99. The molecule has 0 saturated heterocycles. The number of ether oxygens (including phenoxy) is 1. The summed E-state index contributed by atoms with van der Waals surface area (Å²) in [5, 5.41) is 8.61. The molecule has 0 spiro atoms. The Bertz CT molecular complexity index is 232. The van der Waals surface area contributed by atoms with Gasteiger partial charge in [-0.1, -0.05) is 12.2 Å². The van der Waals surface area contributed by atoms with Crippen molar-refractivity contribution in [1.29, 1.82) is 5.26 Å². The van der Waals surface area contributed by atoms with E-state index in [1.807, 2.05) is 0 Å². The standard InChI is InChI=1S/C12H20N2O/c1-15-11-10-14(9-5-8-13)12-6-3-2-4-7-12/h3,6,12H,2,4-5,7,9-11H2,1H3/t12-/m0/s1. The minimum Gasteiger partial charge on any atom is -0.383 e. The molecule has 0 aromatic heterocycles. The molecule has 0 amide bonds. The quantitative estimate of drug-likeness (QED) is 0.626.